The Kier molecular flexibility index (Phi) is 7.43. The van der Waals surface area contributed by atoms with Gasteiger partial charge in [-0.2, -0.15) is 18.3 Å². The Labute approximate surface area is 223 Å². The van der Waals surface area contributed by atoms with Crippen molar-refractivity contribution in [2.24, 2.45) is 11.0 Å². The largest absolute Gasteiger partial charge is 0.484 e. The number of ether oxygens (including phenoxy) is 1. The number of carbonyl (C=O) groups excluding carboxylic acids is 1. The van der Waals surface area contributed by atoms with Gasteiger partial charge in [0.15, 0.2) is 6.61 Å². The molecule has 2 aromatic rings. The van der Waals surface area contributed by atoms with E-state index < -0.39 is 30.5 Å². The van der Waals surface area contributed by atoms with E-state index in [9.17, 15) is 23.1 Å². The maximum Gasteiger partial charge on any atom is 0.422 e. The van der Waals surface area contributed by atoms with Crippen molar-refractivity contribution in [2.75, 3.05) is 13.2 Å². The third kappa shape index (κ3) is 6.11. The van der Waals surface area contributed by atoms with Gasteiger partial charge < -0.3 is 25.1 Å². The van der Waals surface area contributed by atoms with Crippen LogP contribution in [0.3, 0.4) is 0 Å². The molecule has 1 aliphatic heterocycles. The minimum absolute atomic E-state index is 0.0824. The monoisotopic (exact) mass is 547 g/mol. The topological polar surface area (TPSA) is 121 Å². The summed E-state index contributed by atoms with van der Waals surface area (Å²) in [7, 11) is 0. The lowest BCUT2D eigenvalue weighted by Gasteiger charge is -2.41. The Hall–Kier alpha value is -3.38. The molecule has 4 N–H and O–H groups in total. The highest BCUT2D eigenvalue weighted by atomic mass is 19.4. The van der Waals surface area contributed by atoms with Crippen molar-refractivity contribution in [1.82, 2.24) is 21.2 Å². The standard InChI is InChI=1S/C27H32F3N5O4/c1-15-13-32-39-23(15)25(37)33-16(2)22-21(35-31-10-8-17-3-4-17)12-26(34-24(22)36)9-7-18-11-19(5-6-20(18)26)38-14-27(28,29)30/h5-6,11,13,17,24,31,34,36H,3-4,7-10,12,14H2,1-2H3,(H,33,37)/b22-16?,35-21-/t24?,26-/m0/s1. The molecule has 1 spiro atoms. The van der Waals surface area contributed by atoms with Crippen LogP contribution in [0, 0.1) is 12.8 Å². The molecule has 12 heteroatoms. The molecule has 3 aliphatic rings. The number of nitrogens with one attached hydrogen (secondary N) is 3. The van der Waals surface area contributed by atoms with E-state index in [1.807, 2.05) is 0 Å². The number of alkyl halides is 3. The van der Waals surface area contributed by atoms with Crippen LogP contribution < -0.4 is 20.8 Å². The molecule has 2 aliphatic carbocycles. The first-order chi connectivity index (χ1) is 18.5. The van der Waals surface area contributed by atoms with Crippen molar-refractivity contribution in [3.05, 3.63) is 58.1 Å². The van der Waals surface area contributed by atoms with E-state index in [0.29, 0.717) is 48.4 Å². The molecule has 9 nitrogen and oxygen atoms in total. The second kappa shape index (κ2) is 10.6. The quantitative estimate of drug-likeness (QED) is 0.293. The predicted octanol–water partition coefficient (Wildman–Crippen LogP) is 3.83. The number of carbonyl (C=O) groups is 1. The number of hydrazone groups is 1. The summed E-state index contributed by atoms with van der Waals surface area (Å²) in [6.07, 6.45) is 0.942. The van der Waals surface area contributed by atoms with E-state index in [-0.39, 0.29) is 11.5 Å². The second-order valence-corrected chi connectivity index (χ2v) is 10.6. The fourth-order valence-corrected chi connectivity index (χ4v) is 5.39. The van der Waals surface area contributed by atoms with Gasteiger partial charge >= 0.3 is 6.18 Å². The molecule has 1 aromatic carbocycles. The summed E-state index contributed by atoms with van der Waals surface area (Å²) in [5.74, 6) is 0.469. The van der Waals surface area contributed by atoms with Gasteiger partial charge in [-0.15, -0.1) is 0 Å². The van der Waals surface area contributed by atoms with E-state index in [2.05, 4.69) is 26.3 Å². The molecule has 5 rings (SSSR count). The van der Waals surface area contributed by atoms with Gasteiger partial charge in [-0.1, -0.05) is 24.1 Å². The number of nitrogens with zero attached hydrogens (tertiary/aromatic N) is 2. The lowest BCUT2D eigenvalue weighted by molar-refractivity contribution is -0.153. The first-order valence-corrected chi connectivity index (χ1v) is 13.1. The first kappa shape index (κ1) is 27.2. The van der Waals surface area contributed by atoms with E-state index in [1.165, 1.54) is 25.1 Å². The zero-order valence-corrected chi connectivity index (χ0v) is 21.8. The Morgan fingerprint density at radius 2 is 2.15 bits per heavy atom. The molecule has 2 fully saturated rings. The van der Waals surface area contributed by atoms with Gasteiger partial charge in [0.05, 0.1) is 17.4 Å². The Bertz CT molecular complexity index is 1300. The van der Waals surface area contributed by atoms with Crippen LogP contribution in [0.2, 0.25) is 0 Å². The molecule has 1 saturated heterocycles. The summed E-state index contributed by atoms with van der Waals surface area (Å²) >= 11 is 0. The van der Waals surface area contributed by atoms with E-state index in [4.69, 9.17) is 9.26 Å². The minimum atomic E-state index is -4.42. The van der Waals surface area contributed by atoms with Crippen molar-refractivity contribution in [3.63, 3.8) is 0 Å². The van der Waals surface area contributed by atoms with Crippen LogP contribution in [0.1, 0.15) is 66.3 Å². The van der Waals surface area contributed by atoms with Crippen LogP contribution in [-0.2, 0) is 12.0 Å². The molecule has 39 heavy (non-hydrogen) atoms. The molecule has 2 heterocycles. The molecule has 1 saturated carbocycles. The molecule has 210 valence electrons. The molecular formula is C27H32F3N5O4. The van der Waals surface area contributed by atoms with Gasteiger partial charge in [-0.3, -0.25) is 10.1 Å². The van der Waals surface area contributed by atoms with Crippen molar-refractivity contribution in [3.8, 4) is 5.75 Å². The van der Waals surface area contributed by atoms with Crippen LogP contribution in [0.5, 0.6) is 5.75 Å². The van der Waals surface area contributed by atoms with Gasteiger partial charge in [0, 0.05) is 29.8 Å². The molecule has 0 radical (unpaired) electrons. The Balaban J connectivity index is 1.40. The van der Waals surface area contributed by atoms with Crippen molar-refractivity contribution < 1.29 is 32.3 Å². The second-order valence-electron chi connectivity index (χ2n) is 10.6. The minimum Gasteiger partial charge on any atom is -0.484 e. The normalized spacial score (nSPS) is 25.1. The third-order valence-electron chi connectivity index (χ3n) is 7.52. The number of aliphatic hydroxyl groups excluding tert-OH is 1. The summed E-state index contributed by atoms with van der Waals surface area (Å²) in [5.41, 5.74) is 6.24. The Morgan fingerprint density at radius 3 is 2.85 bits per heavy atom. The zero-order valence-electron chi connectivity index (χ0n) is 21.8. The van der Waals surface area contributed by atoms with Gasteiger partial charge in [-0.25, -0.2) is 0 Å². The van der Waals surface area contributed by atoms with Crippen LogP contribution in [0.15, 0.2) is 45.3 Å². The number of rotatable bonds is 8. The molecule has 0 bridgehead atoms. The van der Waals surface area contributed by atoms with Crippen LogP contribution in [-0.4, -0.2) is 47.4 Å². The lowest BCUT2D eigenvalue weighted by atomic mass is 9.79. The van der Waals surface area contributed by atoms with Crippen molar-refractivity contribution >= 4 is 11.6 Å². The number of hydrogen-bond acceptors (Lipinski definition) is 8. The number of aryl methyl sites for hydroxylation is 2. The van der Waals surface area contributed by atoms with Gasteiger partial charge in [0.1, 0.15) is 12.0 Å². The molecule has 1 amide bonds. The molecule has 1 aromatic heterocycles. The van der Waals surface area contributed by atoms with Crippen LogP contribution >= 0.6 is 0 Å². The van der Waals surface area contributed by atoms with Crippen molar-refractivity contribution in [1.29, 1.82) is 0 Å². The highest BCUT2D eigenvalue weighted by Gasteiger charge is 2.46. The maximum atomic E-state index is 12.8. The van der Waals surface area contributed by atoms with Crippen LogP contribution in [0.25, 0.3) is 0 Å². The summed E-state index contributed by atoms with van der Waals surface area (Å²) in [6.45, 7) is 2.73. The molecule has 2 atom stereocenters. The average molecular weight is 548 g/mol. The highest BCUT2D eigenvalue weighted by Crippen LogP contribution is 2.45. The maximum absolute atomic E-state index is 12.8. The number of hydrogen-bond donors (Lipinski definition) is 4. The Morgan fingerprint density at radius 1 is 1.36 bits per heavy atom. The number of benzene rings is 1. The number of halogens is 3. The number of aliphatic hydroxyl groups is 1. The number of fused-ring (bicyclic) bond motifs is 2. The number of aromatic nitrogens is 1. The van der Waals surface area contributed by atoms with E-state index in [1.54, 1.807) is 26.0 Å². The number of amides is 1. The first-order valence-electron chi connectivity index (χ1n) is 13.1. The van der Waals surface area contributed by atoms with E-state index >= 15 is 0 Å². The average Bonchev–Trinajstić information content (AvgIpc) is 3.50. The lowest BCUT2D eigenvalue weighted by Crippen LogP contribution is -2.55. The summed E-state index contributed by atoms with van der Waals surface area (Å²) in [5, 5.41) is 25.7. The fourth-order valence-electron chi connectivity index (χ4n) is 5.39. The summed E-state index contributed by atoms with van der Waals surface area (Å²) in [4.78, 5) is 12.8. The predicted molar refractivity (Wildman–Crippen MR) is 136 cm³/mol. The van der Waals surface area contributed by atoms with Crippen molar-refractivity contribution in [2.45, 2.75) is 70.3 Å². The number of allylic oxidation sites excluding steroid dienone is 1. The smallest absolute Gasteiger partial charge is 0.422 e. The van der Waals surface area contributed by atoms with Gasteiger partial charge in [0.2, 0.25) is 5.76 Å². The van der Waals surface area contributed by atoms with E-state index in [0.717, 1.165) is 23.5 Å². The fraction of sp³-hybridized carbons (Fsp3) is 0.519. The summed E-state index contributed by atoms with van der Waals surface area (Å²) in [6, 6.07) is 4.90. The molecule has 1 unspecified atom stereocenters. The third-order valence-corrected chi connectivity index (χ3v) is 7.52. The SMILES string of the molecule is CC(NC(=O)c1oncc1C)=C1/C(=N\NCCC2CC2)C[C@]2(CCc3cc(OCC(F)(F)F)ccc32)NC1O. The zero-order chi connectivity index (χ0) is 27.8. The highest BCUT2D eigenvalue weighted by molar-refractivity contribution is 6.04. The molecular weight excluding hydrogens is 515 g/mol. The van der Waals surface area contributed by atoms with Gasteiger partial charge in [-0.05, 0) is 62.3 Å². The van der Waals surface area contributed by atoms with Gasteiger partial charge in [0.25, 0.3) is 5.91 Å². The number of piperidine rings is 1. The van der Waals surface area contributed by atoms with Crippen LogP contribution in [0.4, 0.5) is 13.2 Å². The summed E-state index contributed by atoms with van der Waals surface area (Å²) < 4.78 is 47.9.